The Balaban J connectivity index is 1.71. The lowest BCUT2D eigenvalue weighted by Crippen LogP contribution is -2.26. The molecule has 2 aromatic carbocycles. The maximum Gasteiger partial charge on any atom is 0.253 e. The predicted octanol–water partition coefficient (Wildman–Crippen LogP) is 5.00. The van der Waals surface area contributed by atoms with Crippen molar-refractivity contribution in [1.82, 2.24) is 10.3 Å². The molecular weight excluding hydrogens is 364 g/mol. The van der Waals surface area contributed by atoms with Crippen LogP contribution in [0.25, 0.3) is 11.1 Å². The fourth-order valence-corrected chi connectivity index (χ4v) is 2.86. The van der Waals surface area contributed by atoms with Gasteiger partial charge in [0.1, 0.15) is 0 Å². The molecule has 1 unspecified atom stereocenters. The van der Waals surface area contributed by atoms with E-state index in [9.17, 15) is 4.79 Å². The van der Waals surface area contributed by atoms with Crippen LogP contribution in [0, 0.1) is 0 Å². The zero-order chi connectivity index (χ0) is 16.9. The summed E-state index contributed by atoms with van der Waals surface area (Å²) in [4.78, 5) is 16.3. The van der Waals surface area contributed by atoms with Gasteiger partial charge in [0.2, 0.25) is 0 Å². The van der Waals surface area contributed by atoms with Gasteiger partial charge in [-0.3, -0.25) is 9.78 Å². The average Bonchev–Trinajstić information content (AvgIpc) is 2.62. The quantitative estimate of drug-likeness (QED) is 0.691. The van der Waals surface area contributed by atoms with Gasteiger partial charge in [0, 0.05) is 16.9 Å². The number of amides is 1. The lowest BCUT2D eigenvalue weighted by atomic mass is 10.0. The summed E-state index contributed by atoms with van der Waals surface area (Å²) in [6.07, 6.45) is 3.22. The van der Waals surface area contributed by atoms with Crippen molar-refractivity contribution in [3.63, 3.8) is 0 Å². The molecule has 0 spiro atoms. The van der Waals surface area contributed by atoms with E-state index in [0.29, 0.717) is 5.56 Å². The molecule has 1 atom stereocenters. The van der Waals surface area contributed by atoms with Crippen molar-refractivity contribution in [2.45, 2.75) is 13.0 Å². The van der Waals surface area contributed by atoms with Gasteiger partial charge in [0.15, 0.2) is 0 Å². The molecule has 1 N–H and O–H groups in total. The maximum absolute atomic E-state index is 12.3. The molecular formula is C20H17BrN2O. The van der Waals surface area contributed by atoms with E-state index in [1.54, 1.807) is 18.5 Å². The first-order chi connectivity index (χ1) is 11.6. The van der Waals surface area contributed by atoms with Crippen LogP contribution in [0.5, 0.6) is 0 Å². The molecule has 0 saturated carbocycles. The zero-order valence-electron chi connectivity index (χ0n) is 13.2. The number of hydrogen-bond acceptors (Lipinski definition) is 2. The summed E-state index contributed by atoms with van der Waals surface area (Å²) in [6, 6.07) is 20.2. The number of rotatable bonds is 4. The number of carbonyl (C=O) groups is 1. The number of nitrogens with zero attached hydrogens (tertiary/aromatic N) is 1. The zero-order valence-corrected chi connectivity index (χ0v) is 14.8. The van der Waals surface area contributed by atoms with Crippen molar-refractivity contribution in [2.75, 3.05) is 0 Å². The lowest BCUT2D eigenvalue weighted by Gasteiger charge is -2.15. The molecule has 0 saturated heterocycles. The van der Waals surface area contributed by atoms with Crippen LogP contribution in [-0.4, -0.2) is 10.9 Å². The minimum atomic E-state index is -0.136. The lowest BCUT2D eigenvalue weighted by molar-refractivity contribution is 0.0939. The molecule has 120 valence electrons. The van der Waals surface area contributed by atoms with E-state index in [1.807, 2.05) is 37.3 Å². The number of pyridine rings is 1. The van der Waals surface area contributed by atoms with Crippen molar-refractivity contribution in [2.24, 2.45) is 0 Å². The van der Waals surface area contributed by atoms with Gasteiger partial charge in [0.25, 0.3) is 5.91 Å². The van der Waals surface area contributed by atoms with E-state index in [2.05, 4.69) is 50.5 Å². The van der Waals surface area contributed by atoms with Crippen molar-refractivity contribution in [3.05, 3.63) is 88.7 Å². The van der Waals surface area contributed by atoms with Gasteiger partial charge >= 0.3 is 0 Å². The summed E-state index contributed by atoms with van der Waals surface area (Å²) in [5.41, 5.74) is 3.94. The first kappa shape index (κ1) is 16.4. The fourth-order valence-electron chi connectivity index (χ4n) is 2.49. The molecule has 0 aliphatic rings. The summed E-state index contributed by atoms with van der Waals surface area (Å²) < 4.78 is 0.787. The molecule has 0 radical (unpaired) electrons. The van der Waals surface area contributed by atoms with Crippen molar-refractivity contribution in [1.29, 1.82) is 0 Å². The third-order valence-corrected chi connectivity index (χ3v) is 4.27. The van der Waals surface area contributed by atoms with E-state index >= 15 is 0 Å². The minimum Gasteiger partial charge on any atom is -0.345 e. The summed E-state index contributed by atoms with van der Waals surface area (Å²) in [6.45, 7) is 1.97. The smallest absolute Gasteiger partial charge is 0.253 e. The number of halogens is 1. The molecule has 24 heavy (non-hydrogen) atoms. The van der Waals surface area contributed by atoms with Crippen molar-refractivity contribution in [3.8, 4) is 11.1 Å². The topological polar surface area (TPSA) is 42.0 Å². The Kier molecular flexibility index (Phi) is 5.06. The third kappa shape index (κ3) is 3.89. The second-order valence-electron chi connectivity index (χ2n) is 5.58. The van der Waals surface area contributed by atoms with Gasteiger partial charge in [-0.2, -0.15) is 0 Å². The Labute approximate surface area is 149 Å². The Morgan fingerprint density at radius 2 is 1.67 bits per heavy atom. The van der Waals surface area contributed by atoms with Crippen molar-refractivity contribution >= 4 is 21.8 Å². The van der Waals surface area contributed by atoms with Crippen LogP contribution in [0.1, 0.15) is 28.9 Å². The average molecular weight is 381 g/mol. The van der Waals surface area contributed by atoms with E-state index in [-0.39, 0.29) is 11.9 Å². The number of aromatic nitrogens is 1. The Morgan fingerprint density at radius 1 is 1.00 bits per heavy atom. The fraction of sp³-hybridized carbons (Fsp3) is 0.100. The van der Waals surface area contributed by atoms with Crippen molar-refractivity contribution < 1.29 is 4.79 Å². The van der Waals surface area contributed by atoms with Crippen LogP contribution in [-0.2, 0) is 0 Å². The molecule has 3 nitrogen and oxygen atoms in total. The van der Waals surface area contributed by atoms with Gasteiger partial charge in [0.05, 0.1) is 11.6 Å². The van der Waals surface area contributed by atoms with Crippen LogP contribution in [0.4, 0.5) is 0 Å². The predicted molar refractivity (Wildman–Crippen MR) is 99.7 cm³/mol. The highest BCUT2D eigenvalue weighted by Gasteiger charge is 2.12. The van der Waals surface area contributed by atoms with Crippen LogP contribution in [0.3, 0.4) is 0 Å². The van der Waals surface area contributed by atoms with Crippen LogP contribution in [0.15, 0.2) is 77.5 Å². The van der Waals surface area contributed by atoms with Gasteiger partial charge in [-0.1, -0.05) is 54.6 Å². The van der Waals surface area contributed by atoms with Crippen LogP contribution < -0.4 is 5.32 Å². The summed E-state index contributed by atoms with van der Waals surface area (Å²) in [7, 11) is 0. The second-order valence-corrected chi connectivity index (χ2v) is 6.49. The molecule has 0 aliphatic heterocycles. The molecule has 0 bridgehead atoms. The van der Waals surface area contributed by atoms with Gasteiger partial charge in [-0.15, -0.1) is 0 Å². The highest BCUT2D eigenvalue weighted by atomic mass is 79.9. The summed E-state index contributed by atoms with van der Waals surface area (Å²) in [5.74, 6) is -0.136. The number of nitrogens with one attached hydrogen (secondary N) is 1. The van der Waals surface area contributed by atoms with Gasteiger partial charge < -0.3 is 5.32 Å². The highest BCUT2D eigenvalue weighted by molar-refractivity contribution is 9.10. The normalized spacial score (nSPS) is 11.8. The van der Waals surface area contributed by atoms with E-state index in [1.165, 1.54) is 5.56 Å². The Bertz CT molecular complexity index is 832. The number of carbonyl (C=O) groups excluding carboxylic acids is 1. The highest BCUT2D eigenvalue weighted by Crippen LogP contribution is 2.22. The summed E-state index contributed by atoms with van der Waals surface area (Å²) >= 11 is 3.33. The molecule has 1 amide bonds. The molecule has 1 heterocycles. The third-order valence-electron chi connectivity index (χ3n) is 3.83. The monoisotopic (exact) mass is 380 g/mol. The van der Waals surface area contributed by atoms with E-state index in [0.717, 1.165) is 15.6 Å². The molecule has 3 aromatic rings. The molecule has 1 aromatic heterocycles. The molecule has 0 fully saturated rings. The molecule has 0 aliphatic carbocycles. The number of hydrogen-bond donors (Lipinski definition) is 1. The van der Waals surface area contributed by atoms with Crippen LogP contribution in [0.2, 0.25) is 0 Å². The SMILES string of the molecule is CC(NC(=O)c1cncc(Br)c1)c1ccc(-c2ccccc2)cc1. The van der Waals surface area contributed by atoms with E-state index < -0.39 is 0 Å². The largest absolute Gasteiger partial charge is 0.345 e. The first-order valence-electron chi connectivity index (χ1n) is 7.70. The van der Waals surface area contributed by atoms with Gasteiger partial charge in [-0.05, 0) is 45.6 Å². The van der Waals surface area contributed by atoms with Crippen LogP contribution >= 0.6 is 15.9 Å². The Morgan fingerprint density at radius 3 is 2.33 bits per heavy atom. The summed E-state index contributed by atoms with van der Waals surface area (Å²) in [5, 5.41) is 3.00. The standard InChI is InChI=1S/C20H17BrN2O/c1-14(23-20(24)18-11-19(21)13-22-12-18)15-7-9-17(10-8-15)16-5-3-2-4-6-16/h2-14H,1H3,(H,23,24). The molecule has 3 rings (SSSR count). The maximum atomic E-state index is 12.3. The first-order valence-corrected chi connectivity index (χ1v) is 8.49. The number of benzene rings is 2. The second kappa shape index (κ2) is 7.41. The molecule has 4 heteroatoms. The van der Waals surface area contributed by atoms with E-state index in [4.69, 9.17) is 0 Å². The minimum absolute atomic E-state index is 0.0821. The van der Waals surface area contributed by atoms with Gasteiger partial charge in [-0.25, -0.2) is 0 Å². The Hall–Kier alpha value is -2.46.